The Bertz CT molecular complexity index is 1760. The predicted molar refractivity (Wildman–Crippen MR) is 133 cm³/mol. The Hall–Kier alpha value is -3.98. The third-order valence-electron chi connectivity index (χ3n) is 7.16. The highest BCUT2D eigenvalue weighted by Gasteiger charge is 2.64. The van der Waals surface area contributed by atoms with Crippen LogP contribution in [0.1, 0.15) is 31.2 Å². The number of aromatic nitrogens is 6. The number of fused-ring (bicyclic) bond motifs is 3. The molecule has 11 nitrogen and oxygen atoms in total. The summed E-state index contributed by atoms with van der Waals surface area (Å²) in [6.07, 6.45) is 4.65. The van der Waals surface area contributed by atoms with Crippen molar-refractivity contribution in [1.82, 2.24) is 33.8 Å². The van der Waals surface area contributed by atoms with Crippen molar-refractivity contribution in [3.63, 3.8) is 0 Å². The van der Waals surface area contributed by atoms with E-state index >= 15 is 0 Å². The number of rotatable bonds is 4. The Balaban J connectivity index is 1.53. The summed E-state index contributed by atoms with van der Waals surface area (Å²) < 4.78 is 67.9. The number of imidazole rings is 1. The van der Waals surface area contributed by atoms with E-state index in [1.165, 1.54) is 18.5 Å². The molecule has 0 saturated carbocycles. The highest BCUT2D eigenvalue weighted by atomic mass is 32.2. The summed E-state index contributed by atoms with van der Waals surface area (Å²) in [7, 11) is -5.78. The molecular weight excluding hydrogens is 537 g/mol. The summed E-state index contributed by atoms with van der Waals surface area (Å²) in [6, 6.07) is 4.70. The van der Waals surface area contributed by atoms with Gasteiger partial charge in [-0.1, -0.05) is 6.07 Å². The van der Waals surface area contributed by atoms with Gasteiger partial charge in [-0.2, -0.15) is 17.5 Å². The number of carbonyl (C=O) groups is 1. The fourth-order valence-corrected chi connectivity index (χ4v) is 6.71. The fourth-order valence-electron chi connectivity index (χ4n) is 5.41. The van der Waals surface area contributed by atoms with Crippen molar-refractivity contribution >= 4 is 32.8 Å². The molecule has 6 rings (SSSR count). The number of anilines is 1. The highest BCUT2D eigenvalue weighted by molar-refractivity contribution is 7.90. The zero-order valence-corrected chi connectivity index (χ0v) is 21.5. The van der Waals surface area contributed by atoms with Gasteiger partial charge < -0.3 is 9.88 Å². The van der Waals surface area contributed by atoms with Gasteiger partial charge >= 0.3 is 15.5 Å². The van der Waals surface area contributed by atoms with Crippen LogP contribution in [-0.2, 0) is 26.9 Å². The molecule has 2 aliphatic heterocycles. The number of carbonyl (C=O) groups excluding carboxylic acids is 1. The Kier molecular flexibility index (Phi) is 5.52. The van der Waals surface area contributed by atoms with E-state index in [1.54, 1.807) is 25.4 Å². The first-order chi connectivity index (χ1) is 18.5. The van der Waals surface area contributed by atoms with E-state index in [2.05, 4.69) is 25.3 Å². The van der Waals surface area contributed by atoms with Crippen LogP contribution in [0.2, 0.25) is 0 Å². The number of hydrogen-bond acceptors (Lipinski definition) is 8. The third kappa shape index (κ3) is 3.56. The Morgan fingerprint density at radius 3 is 2.54 bits per heavy atom. The number of sulfonamides is 1. The Morgan fingerprint density at radius 2 is 1.85 bits per heavy atom. The van der Waals surface area contributed by atoms with Crippen LogP contribution in [0.25, 0.3) is 33.8 Å². The van der Waals surface area contributed by atoms with Gasteiger partial charge in [-0.3, -0.25) is 4.79 Å². The van der Waals surface area contributed by atoms with Crippen molar-refractivity contribution in [1.29, 1.82) is 0 Å². The molecule has 5 heterocycles. The topological polar surface area (TPSA) is 136 Å². The van der Waals surface area contributed by atoms with E-state index in [0.717, 1.165) is 0 Å². The van der Waals surface area contributed by atoms with Gasteiger partial charge in [0, 0.05) is 42.3 Å². The maximum Gasteiger partial charge on any atom is 0.511 e. The van der Waals surface area contributed by atoms with E-state index in [1.807, 2.05) is 11.5 Å². The van der Waals surface area contributed by atoms with Gasteiger partial charge in [0.05, 0.1) is 5.56 Å². The molecule has 0 unspecified atom stereocenters. The first-order valence-corrected chi connectivity index (χ1v) is 13.5. The van der Waals surface area contributed by atoms with Crippen LogP contribution >= 0.6 is 0 Å². The van der Waals surface area contributed by atoms with Gasteiger partial charge in [-0.15, -0.1) is 0 Å². The van der Waals surface area contributed by atoms with Crippen molar-refractivity contribution in [3.8, 4) is 22.6 Å². The van der Waals surface area contributed by atoms with Crippen LogP contribution in [-0.4, -0.2) is 60.2 Å². The fraction of sp³-hybridized carbons (Fsp3) is 0.333. The number of benzene rings is 1. The lowest BCUT2D eigenvalue weighted by Crippen LogP contribution is -2.53. The molecule has 2 aliphatic rings. The summed E-state index contributed by atoms with van der Waals surface area (Å²) in [5.74, 6) is 0.341. The smallest absolute Gasteiger partial charge is 0.324 e. The minimum atomic E-state index is -5.78. The highest BCUT2D eigenvalue weighted by Crippen LogP contribution is 2.51. The Labute approximate surface area is 220 Å². The largest absolute Gasteiger partial charge is 0.511 e. The molecule has 202 valence electrons. The molecule has 0 radical (unpaired) electrons. The number of aryl methyl sites for hydroxylation is 2. The lowest BCUT2D eigenvalue weighted by atomic mass is 9.88. The monoisotopic (exact) mass is 558 g/mol. The Morgan fingerprint density at radius 1 is 1.10 bits per heavy atom. The molecule has 3 aromatic heterocycles. The molecule has 1 atom stereocenters. The van der Waals surface area contributed by atoms with Crippen LogP contribution in [0.3, 0.4) is 0 Å². The van der Waals surface area contributed by atoms with Gasteiger partial charge in [0.15, 0.2) is 5.65 Å². The van der Waals surface area contributed by atoms with E-state index in [9.17, 15) is 26.4 Å². The van der Waals surface area contributed by atoms with E-state index in [-0.39, 0.29) is 28.4 Å². The van der Waals surface area contributed by atoms with Crippen LogP contribution in [0.15, 0.2) is 36.9 Å². The second kappa shape index (κ2) is 8.51. The molecule has 1 saturated heterocycles. The molecule has 1 amide bonds. The zero-order valence-electron chi connectivity index (χ0n) is 20.7. The van der Waals surface area contributed by atoms with Crippen molar-refractivity contribution in [2.24, 2.45) is 0 Å². The maximum atomic E-state index is 13.6. The summed E-state index contributed by atoms with van der Waals surface area (Å²) in [4.78, 5) is 35.2. The van der Waals surface area contributed by atoms with Crippen molar-refractivity contribution in [2.75, 3.05) is 11.9 Å². The number of hydrogen-bond donors (Lipinski definition) is 1. The lowest BCUT2D eigenvalue weighted by molar-refractivity contribution is -0.124. The molecule has 1 aromatic carbocycles. The molecule has 4 aromatic rings. The quantitative estimate of drug-likeness (QED) is 0.403. The third-order valence-corrected chi connectivity index (χ3v) is 8.82. The summed E-state index contributed by atoms with van der Waals surface area (Å²) in [5.41, 5.74) is -4.75. The van der Waals surface area contributed by atoms with E-state index < -0.39 is 33.5 Å². The predicted octanol–water partition coefficient (Wildman–Crippen LogP) is 3.37. The molecule has 0 bridgehead atoms. The average Bonchev–Trinajstić information content (AvgIpc) is 3.58. The number of alkyl halides is 3. The van der Waals surface area contributed by atoms with Crippen molar-refractivity contribution in [2.45, 2.75) is 44.3 Å². The molecule has 15 heteroatoms. The number of nitrogens with one attached hydrogen (secondary N) is 1. The second-order valence-electron chi connectivity index (χ2n) is 9.29. The minimum absolute atomic E-state index is 0.0903. The standard InChI is InChI=1S/C24H21F3N8O3S/c1-3-34-20(15-10-28-13(2)29-11-15)33-19-18(30-12-31-21(19)34)14-5-6-17-16(9-14)23(22(36)32-17)7-4-8-35(23)39(37,38)24(25,26)27/h5-6,9-12H,3-4,7-8H2,1-2H3,(H,32,36)/t23-/m0/s1. The molecule has 1 N–H and O–H groups in total. The minimum Gasteiger partial charge on any atom is -0.324 e. The zero-order chi connectivity index (χ0) is 27.7. The summed E-state index contributed by atoms with van der Waals surface area (Å²) in [6.45, 7) is 3.78. The maximum absolute atomic E-state index is 13.6. The SMILES string of the molecule is CCn1c(-c2cnc(C)nc2)nc2c(-c3ccc4c(c3)[C@@]3(CCCN3S(=O)(=O)C(F)(F)F)C(=O)N4)ncnc21. The van der Waals surface area contributed by atoms with E-state index in [0.29, 0.717) is 46.2 Å². The second-order valence-corrected chi connectivity index (χ2v) is 11.1. The summed E-state index contributed by atoms with van der Waals surface area (Å²) >= 11 is 0. The van der Waals surface area contributed by atoms with Gasteiger partial charge in [0.2, 0.25) is 0 Å². The van der Waals surface area contributed by atoms with Gasteiger partial charge in [0.25, 0.3) is 5.91 Å². The van der Waals surface area contributed by atoms with Crippen LogP contribution in [0, 0.1) is 6.92 Å². The van der Waals surface area contributed by atoms with Gasteiger partial charge in [0.1, 0.15) is 34.7 Å². The average molecular weight is 559 g/mol. The normalized spacial score (nSPS) is 19.7. The first kappa shape index (κ1) is 25.3. The number of halogens is 3. The van der Waals surface area contributed by atoms with Crippen LogP contribution < -0.4 is 5.32 Å². The molecule has 0 aliphatic carbocycles. The molecule has 39 heavy (non-hydrogen) atoms. The van der Waals surface area contributed by atoms with Gasteiger partial charge in [-0.25, -0.2) is 33.3 Å². The lowest BCUT2D eigenvalue weighted by Gasteiger charge is -2.32. The number of amides is 1. The molecular formula is C24H21F3N8O3S. The molecule has 1 spiro atoms. The first-order valence-electron chi connectivity index (χ1n) is 12.0. The van der Waals surface area contributed by atoms with Crippen LogP contribution in [0.5, 0.6) is 0 Å². The van der Waals surface area contributed by atoms with Crippen molar-refractivity contribution < 1.29 is 26.4 Å². The summed E-state index contributed by atoms with van der Waals surface area (Å²) in [5, 5.41) is 2.57. The van der Waals surface area contributed by atoms with Crippen LogP contribution in [0.4, 0.5) is 18.9 Å². The van der Waals surface area contributed by atoms with E-state index in [4.69, 9.17) is 4.98 Å². The van der Waals surface area contributed by atoms with Crippen molar-refractivity contribution in [3.05, 3.63) is 48.3 Å². The molecule has 1 fully saturated rings. The van der Waals surface area contributed by atoms with Gasteiger partial charge in [-0.05, 0) is 38.8 Å². The number of nitrogens with zero attached hydrogens (tertiary/aromatic N) is 7.